The van der Waals surface area contributed by atoms with Gasteiger partial charge in [0.15, 0.2) is 5.69 Å². The van der Waals surface area contributed by atoms with Crippen LogP contribution in [0.3, 0.4) is 0 Å². The predicted molar refractivity (Wildman–Crippen MR) is 76.8 cm³/mol. The Balaban J connectivity index is 0.000000774. The normalized spacial score (nSPS) is 13.4. The fraction of sp³-hybridized carbons (Fsp3) is 0.312. The summed E-state index contributed by atoms with van der Waals surface area (Å²) in [5.41, 5.74) is 6.05. The maximum atomic E-state index is 13.1. The van der Waals surface area contributed by atoms with E-state index >= 15 is 0 Å². The molecule has 1 aliphatic rings. The maximum absolute atomic E-state index is 13.1. The summed E-state index contributed by atoms with van der Waals surface area (Å²) in [6.45, 7) is 0. The van der Waals surface area contributed by atoms with E-state index in [1.54, 1.807) is 36.4 Å². The molecule has 3 rings (SSSR count). The molecule has 0 atom stereocenters. The van der Waals surface area contributed by atoms with Crippen LogP contribution in [0.25, 0.3) is 11.1 Å². The van der Waals surface area contributed by atoms with E-state index in [2.05, 4.69) is 10.7 Å². The molecule has 1 aromatic heterocycles. The van der Waals surface area contributed by atoms with E-state index < -0.39 is 11.9 Å². The third-order valence-electron chi connectivity index (χ3n) is 3.40. The fourth-order valence-electron chi connectivity index (χ4n) is 2.53. The summed E-state index contributed by atoms with van der Waals surface area (Å²) in [6, 6.07) is 10.3. The molecule has 2 nitrogen and oxygen atoms in total. The number of fused-ring (bicyclic) bond motifs is 1. The molecule has 0 bridgehead atoms. The molecule has 0 saturated carbocycles. The quantitative estimate of drug-likeness (QED) is 0.868. The van der Waals surface area contributed by atoms with Crippen molar-refractivity contribution in [3.8, 4) is 11.1 Å². The molecule has 21 heavy (non-hydrogen) atoms. The van der Waals surface area contributed by atoms with Gasteiger partial charge in [-0.25, -0.2) is 4.98 Å². The summed E-state index contributed by atoms with van der Waals surface area (Å²) in [5.74, 6) is 0. The Hall–Kier alpha value is -1.88. The van der Waals surface area contributed by atoms with Crippen LogP contribution < -0.4 is 5.73 Å². The van der Waals surface area contributed by atoms with Crippen LogP contribution in [0, 0.1) is 0 Å². The minimum absolute atomic E-state index is 0.189. The monoisotopic (exact) mass is 294 g/mol. The molecule has 5 heteroatoms. The summed E-state index contributed by atoms with van der Waals surface area (Å²) in [7, 11) is 1.50. The molecule has 1 aliphatic carbocycles. The number of hydrogen-bond donors (Lipinski definition) is 1. The van der Waals surface area contributed by atoms with Gasteiger partial charge >= 0.3 is 6.18 Å². The van der Waals surface area contributed by atoms with E-state index in [4.69, 9.17) is 0 Å². The van der Waals surface area contributed by atoms with Crippen LogP contribution in [-0.2, 0) is 19.0 Å². The first-order valence-electron chi connectivity index (χ1n) is 6.79. The Morgan fingerprint density at radius 3 is 2.33 bits per heavy atom. The molecule has 0 fully saturated rings. The molecule has 0 unspecified atom stereocenters. The molecule has 0 saturated heterocycles. The van der Waals surface area contributed by atoms with Gasteiger partial charge in [0.2, 0.25) is 0 Å². The average Bonchev–Trinajstić information content (AvgIpc) is 2.95. The van der Waals surface area contributed by atoms with Gasteiger partial charge in [-0.15, -0.1) is 0 Å². The van der Waals surface area contributed by atoms with Crippen LogP contribution in [0.4, 0.5) is 13.2 Å². The van der Waals surface area contributed by atoms with E-state index in [-0.39, 0.29) is 5.56 Å². The van der Waals surface area contributed by atoms with Crippen LogP contribution in [0.1, 0.15) is 23.4 Å². The largest absolute Gasteiger partial charge is 0.433 e. The van der Waals surface area contributed by atoms with Gasteiger partial charge in [-0.2, -0.15) is 13.2 Å². The van der Waals surface area contributed by atoms with Crippen LogP contribution in [-0.4, -0.2) is 12.0 Å². The smallest absolute Gasteiger partial charge is 0.333 e. The van der Waals surface area contributed by atoms with Crippen molar-refractivity contribution in [3.63, 3.8) is 0 Å². The standard InChI is InChI=1S/C15H12F3N.CH5N/c16-15(17,18)14-12(10-5-2-1-3-6-10)9-11-7-4-8-13(11)19-14;1-2/h1-3,5-6,9H,4,7-8H2;2H2,1H3. The van der Waals surface area contributed by atoms with Gasteiger partial charge in [0.1, 0.15) is 0 Å². The minimum Gasteiger partial charge on any atom is -0.333 e. The first-order valence-corrected chi connectivity index (χ1v) is 6.79. The molecule has 1 aromatic carbocycles. The number of aromatic nitrogens is 1. The van der Waals surface area contributed by atoms with Crippen molar-refractivity contribution in [1.82, 2.24) is 4.98 Å². The van der Waals surface area contributed by atoms with Gasteiger partial charge in [-0.1, -0.05) is 30.3 Å². The SMILES string of the molecule is CN.FC(F)(F)c1nc2c(cc1-c1ccccc1)CCC2. The molecule has 0 spiro atoms. The zero-order valence-electron chi connectivity index (χ0n) is 11.7. The lowest BCUT2D eigenvalue weighted by atomic mass is 10.0. The molecule has 2 N–H and O–H groups in total. The second kappa shape index (κ2) is 6.26. The second-order valence-electron chi connectivity index (χ2n) is 4.71. The highest BCUT2D eigenvalue weighted by atomic mass is 19.4. The first kappa shape index (κ1) is 15.5. The van der Waals surface area contributed by atoms with Crippen LogP contribution in [0.2, 0.25) is 0 Å². The average molecular weight is 294 g/mol. The Bertz CT molecular complexity index is 607. The van der Waals surface area contributed by atoms with Gasteiger partial charge in [0.25, 0.3) is 0 Å². The molecular formula is C16H17F3N2. The topological polar surface area (TPSA) is 38.9 Å². The third-order valence-corrected chi connectivity index (χ3v) is 3.40. The van der Waals surface area contributed by atoms with Crippen molar-refractivity contribution in [1.29, 1.82) is 0 Å². The van der Waals surface area contributed by atoms with E-state index in [1.807, 2.05) is 0 Å². The summed E-state index contributed by atoms with van der Waals surface area (Å²) in [5, 5.41) is 0. The highest BCUT2D eigenvalue weighted by molar-refractivity contribution is 5.67. The van der Waals surface area contributed by atoms with Crippen molar-refractivity contribution in [2.75, 3.05) is 7.05 Å². The van der Waals surface area contributed by atoms with Crippen molar-refractivity contribution in [2.24, 2.45) is 5.73 Å². The van der Waals surface area contributed by atoms with Crippen molar-refractivity contribution >= 4 is 0 Å². The Labute approximate surface area is 121 Å². The number of aryl methyl sites for hydroxylation is 2. The number of alkyl halides is 3. The molecule has 1 heterocycles. The summed E-state index contributed by atoms with van der Waals surface area (Å²) in [4.78, 5) is 3.88. The summed E-state index contributed by atoms with van der Waals surface area (Å²) < 4.78 is 39.4. The van der Waals surface area contributed by atoms with Gasteiger partial charge in [0, 0.05) is 11.3 Å². The zero-order valence-corrected chi connectivity index (χ0v) is 11.7. The Kier molecular flexibility index (Phi) is 4.63. The molecule has 112 valence electrons. The molecule has 0 radical (unpaired) electrons. The fourth-order valence-corrected chi connectivity index (χ4v) is 2.53. The highest BCUT2D eigenvalue weighted by Gasteiger charge is 2.37. The molecule has 2 aromatic rings. The van der Waals surface area contributed by atoms with Crippen LogP contribution >= 0.6 is 0 Å². The summed E-state index contributed by atoms with van der Waals surface area (Å²) in [6.07, 6.45) is -2.06. The first-order chi connectivity index (χ1) is 10.1. The predicted octanol–water partition coefficient (Wildman–Crippen LogP) is 3.83. The number of nitrogens with two attached hydrogens (primary N) is 1. The number of benzene rings is 1. The van der Waals surface area contributed by atoms with Gasteiger partial charge in [-0.3, -0.25) is 0 Å². The van der Waals surface area contributed by atoms with Crippen molar-refractivity contribution in [3.05, 3.63) is 53.3 Å². The number of halogens is 3. The lowest BCUT2D eigenvalue weighted by Gasteiger charge is -2.14. The van der Waals surface area contributed by atoms with Gasteiger partial charge < -0.3 is 5.73 Å². The van der Waals surface area contributed by atoms with E-state index in [0.717, 1.165) is 18.4 Å². The number of nitrogens with zero attached hydrogens (tertiary/aromatic N) is 1. The lowest BCUT2D eigenvalue weighted by Crippen LogP contribution is -2.12. The van der Waals surface area contributed by atoms with Gasteiger partial charge in [0.05, 0.1) is 0 Å². The number of pyridine rings is 1. The molecule has 0 amide bonds. The molecular weight excluding hydrogens is 277 g/mol. The van der Waals surface area contributed by atoms with E-state index in [9.17, 15) is 13.2 Å². The second-order valence-corrected chi connectivity index (χ2v) is 4.71. The van der Waals surface area contributed by atoms with Crippen molar-refractivity contribution in [2.45, 2.75) is 25.4 Å². The zero-order chi connectivity index (χ0) is 15.5. The van der Waals surface area contributed by atoms with Crippen LogP contribution in [0.5, 0.6) is 0 Å². The third kappa shape index (κ3) is 3.24. The highest BCUT2D eigenvalue weighted by Crippen LogP contribution is 2.38. The van der Waals surface area contributed by atoms with Crippen LogP contribution in [0.15, 0.2) is 36.4 Å². The Morgan fingerprint density at radius 2 is 1.71 bits per heavy atom. The van der Waals surface area contributed by atoms with E-state index in [1.165, 1.54) is 7.05 Å². The maximum Gasteiger partial charge on any atom is 0.433 e. The molecule has 0 aliphatic heterocycles. The Morgan fingerprint density at radius 1 is 1.05 bits per heavy atom. The summed E-state index contributed by atoms with van der Waals surface area (Å²) >= 11 is 0. The number of hydrogen-bond acceptors (Lipinski definition) is 2. The van der Waals surface area contributed by atoms with Gasteiger partial charge in [-0.05, 0) is 43.5 Å². The van der Waals surface area contributed by atoms with E-state index in [0.29, 0.717) is 17.7 Å². The number of rotatable bonds is 1. The lowest BCUT2D eigenvalue weighted by molar-refractivity contribution is -0.140. The minimum atomic E-state index is -4.41. The van der Waals surface area contributed by atoms with Crippen molar-refractivity contribution < 1.29 is 13.2 Å².